The lowest BCUT2D eigenvalue weighted by Crippen LogP contribution is -2.29. The second-order valence-electron chi connectivity index (χ2n) is 4.66. The molecule has 0 aliphatic carbocycles. The summed E-state index contributed by atoms with van der Waals surface area (Å²) >= 11 is 0. The Labute approximate surface area is 116 Å². The number of aromatic nitrogens is 3. The summed E-state index contributed by atoms with van der Waals surface area (Å²) in [6.45, 7) is 0. The molecule has 102 valence electrons. The normalized spacial score (nSPS) is 12.7. The highest BCUT2D eigenvalue weighted by atomic mass is 15.3. The minimum absolute atomic E-state index is 0.248. The average Bonchev–Trinajstić information content (AvgIpc) is 2.81. The van der Waals surface area contributed by atoms with Crippen LogP contribution in [0.2, 0.25) is 0 Å². The van der Waals surface area contributed by atoms with Crippen LogP contribution in [0.25, 0.3) is 10.8 Å². The number of aryl methyl sites for hydroxylation is 1. The number of nitrogens with two attached hydrogens (primary N) is 2. The molecule has 2 heterocycles. The second kappa shape index (κ2) is 4.92. The zero-order chi connectivity index (χ0) is 14.1. The van der Waals surface area contributed by atoms with Crippen molar-refractivity contribution in [3.63, 3.8) is 0 Å². The van der Waals surface area contributed by atoms with Gasteiger partial charge in [-0.1, -0.05) is 24.3 Å². The van der Waals surface area contributed by atoms with Crippen LogP contribution < -0.4 is 17.0 Å². The molecule has 0 spiro atoms. The molecular weight excluding hydrogens is 252 g/mol. The zero-order valence-corrected chi connectivity index (χ0v) is 11.1. The molecule has 0 aliphatic rings. The van der Waals surface area contributed by atoms with E-state index in [4.69, 9.17) is 11.6 Å². The van der Waals surface area contributed by atoms with Gasteiger partial charge in [-0.3, -0.25) is 15.5 Å². The molecule has 0 fully saturated rings. The van der Waals surface area contributed by atoms with Crippen molar-refractivity contribution in [2.24, 2.45) is 12.9 Å². The van der Waals surface area contributed by atoms with Gasteiger partial charge in [0.2, 0.25) is 0 Å². The molecule has 0 saturated heterocycles. The molecule has 2 aromatic heterocycles. The Kier molecular flexibility index (Phi) is 3.09. The van der Waals surface area contributed by atoms with Crippen LogP contribution in [-0.2, 0) is 7.05 Å². The molecular formula is C14H16N6. The number of nitrogens with one attached hydrogen (secondary N) is 1. The maximum atomic E-state index is 6.04. The highest BCUT2D eigenvalue weighted by Crippen LogP contribution is 2.30. The highest BCUT2D eigenvalue weighted by Gasteiger charge is 2.20. The van der Waals surface area contributed by atoms with E-state index in [-0.39, 0.29) is 6.04 Å². The van der Waals surface area contributed by atoms with Crippen molar-refractivity contribution < 1.29 is 0 Å². The largest absolute Gasteiger partial charge is 0.384 e. The molecule has 0 bridgehead atoms. The van der Waals surface area contributed by atoms with Crippen LogP contribution in [0.3, 0.4) is 0 Å². The summed E-state index contributed by atoms with van der Waals surface area (Å²) in [6, 6.07) is 7.79. The number of benzene rings is 1. The summed E-state index contributed by atoms with van der Waals surface area (Å²) in [5.74, 6) is 6.32. The molecule has 3 aromatic rings. The fourth-order valence-electron chi connectivity index (χ4n) is 2.40. The van der Waals surface area contributed by atoms with E-state index >= 15 is 0 Å². The summed E-state index contributed by atoms with van der Waals surface area (Å²) in [5, 5.41) is 6.32. The Morgan fingerprint density at radius 3 is 2.65 bits per heavy atom. The van der Waals surface area contributed by atoms with Gasteiger partial charge in [0, 0.05) is 36.0 Å². The molecule has 6 nitrogen and oxygen atoms in total. The third-order valence-corrected chi connectivity index (χ3v) is 3.50. The van der Waals surface area contributed by atoms with Crippen LogP contribution in [0.1, 0.15) is 17.2 Å². The SMILES string of the molecule is Cn1ncc(C(NN)c2cncc3ccccc23)c1N. The van der Waals surface area contributed by atoms with E-state index in [1.807, 2.05) is 30.5 Å². The molecule has 3 rings (SSSR count). The summed E-state index contributed by atoms with van der Waals surface area (Å²) in [7, 11) is 1.80. The van der Waals surface area contributed by atoms with Crippen molar-refractivity contribution in [2.45, 2.75) is 6.04 Å². The number of pyridine rings is 1. The van der Waals surface area contributed by atoms with E-state index < -0.39 is 0 Å². The van der Waals surface area contributed by atoms with E-state index in [0.29, 0.717) is 5.82 Å². The van der Waals surface area contributed by atoms with Gasteiger partial charge in [-0.25, -0.2) is 5.43 Å². The first-order valence-electron chi connectivity index (χ1n) is 6.28. The monoisotopic (exact) mass is 268 g/mol. The number of nitrogens with zero attached hydrogens (tertiary/aromatic N) is 3. The van der Waals surface area contributed by atoms with Crippen molar-refractivity contribution in [2.75, 3.05) is 5.73 Å². The quantitative estimate of drug-likeness (QED) is 0.488. The van der Waals surface area contributed by atoms with Gasteiger partial charge in [0.25, 0.3) is 0 Å². The topological polar surface area (TPSA) is 94.8 Å². The Hall–Kier alpha value is -2.44. The summed E-state index contributed by atoms with van der Waals surface area (Å²) in [4.78, 5) is 4.28. The number of hydrogen-bond acceptors (Lipinski definition) is 5. The lowest BCUT2D eigenvalue weighted by molar-refractivity contribution is 0.640. The van der Waals surface area contributed by atoms with E-state index in [9.17, 15) is 0 Å². The van der Waals surface area contributed by atoms with Gasteiger partial charge < -0.3 is 5.73 Å². The van der Waals surface area contributed by atoms with Crippen LogP contribution in [0, 0.1) is 0 Å². The maximum Gasteiger partial charge on any atom is 0.126 e. The van der Waals surface area contributed by atoms with E-state index in [1.165, 1.54) is 0 Å². The zero-order valence-electron chi connectivity index (χ0n) is 11.1. The average molecular weight is 268 g/mol. The third kappa shape index (κ3) is 1.91. The van der Waals surface area contributed by atoms with Crippen molar-refractivity contribution >= 4 is 16.6 Å². The van der Waals surface area contributed by atoms with Crippen LogP contribution in [0.4, 0.5) is 5.82 Å². The van der Waals surface area contributed by atoms with Gasteiger partial charge in [-0.2, -0.15) is 5.10 Å². The molecule has 0 amide bonds. The van der Waals surface area contributed by atoms with Gasteiger partial charge in [0.1, 0.15) is 5.82 Å². The molecule has 0 radical (unpaired) electrons. The minimum atomic E-state index is -0.248. The number of anilines is 1. The molecule has 1 aromatic carbocycles. The predicted molar refractivity (Wildman–Crippen MR) is 78.5 cm³/mol. The smallest absolute Gasteiger partial charge is 0.126 e. The number of fused-ring (bicyclic) bond motifs is 1. The number of nitrogen functional groups attached to an aromatic ring is 1. The summed E-state index contributed by atoms with van der Waals surface area (Å²) in [6.07, 6.45) is 5.36. The molecule has 6 heteroatoms. The van der Waals surface area contributed by atoms with E-state index in [2.05, 4.69) is 15.5 Å². The minimum Gasteiger partial charge on any atom is -0.384 e. The number of hydrogen-bond donors (Lipinski definition) is 3. The first-order chi connectivity index (χ1) is 9.72. The van der Waals surface area contributed by atoms with Crippen LogP contribution in [0.15, 0.2) is 42.9 Å². The van der Waals surface area contributed by atoms with Crippen molar-refractivity contribution in [3.05, 3.63) is 54.0 Å². The van der Waals surface area contributed by atoms with Gasteiger partial charge >= 0.3 is 0 Å². The van der Waals surface area contributed by atoms with Gasteiger partial charge in [0.15, 0.2) is 0 Å². The molecule has 1 unspecified atom stereocenters. The molecule has 0 saturated carbocycles. The van der Waals surface area contributed by atoms with Gasteiger partial charge in [0.05, 0.1) is 12.2 Å². The van der Waals surface area contributed by atoms with Crippen molar-refractivity contribution in [3.8, 4) is 0 Å². The fourth-order valence-corrected chi connectivity index (χ4v) is 2.40. The predicted octanol–water partition coefficient (Wildman–Crippen LogP) is 1.10. The lowest BCUT2D eigenvalue weighted by Gasteiger charge is -2.17. The highest BCUT2D eigenvalue weighted by molar-refractivity contribution is 5.85. The molecule has 5 N–H and O–H groups in total. The second-order valence-corrected chi connectivity index (χ2v) is 4.66. The third-order valence-electron chi connectivity index (χ3n) is 3.50. The molecule has 1 atom stereocenters. The van der Waals surface area contributed by atoms with Crippen LogP contribution >= 0.6 is 0 Å². The first-order valence-corrected chi connectivity index (χ1v) is 6.28. The van der Waals surface area contributed by atoms with Crippen LogP contribution in [-0.4, -0.2) is 14.8 Å². The Morgan fingerprint density at radius 1 is 1.15 bits per heavy atom. The lowest BCUT2D eigenvalue weighted by atomic mass is 9.98. The van der Waals surface area contributed by atoms with E-state index in [0.717, 1.165) is 21.9 Å². The first kappa shape index (κ1) is 12.6. The number of rotatable bonds is 3. The fraction of sp³-hybridized carbons (Fsp3) is 0.143. The van der Waals surface area contributed by atoms with Gasteiger partial charge in [-0.15, -0.1) is 0 Å². The standard InChI is InChI=1S/C14H16N6/c1-20-14(15)12(8-18-20)13(19-16)11-7-17-6-9-4-2-3-5-10(9)11/h2-8,13,19H,15-16H2,1H3. The summed E-state index contributed by atoms with van der Waals surface area (Å²) in [5.41, 5.74) is 10.7. The Morgan fingerprint density at radius 2 is 1.95 bits per heavy atom. The van der Waals surface area contributed by atoms with Crippen molar-refractivity contribution in [1.29, 1.82) is 0 Å². The Bertz CT molecular complexity index is 743. The van der Waals surface area contributed by atoms with Crippen molar-refractivity contribution in [1.82, 2.24) is 20.2 Å². The number of hydrazine groups is 1. The van der Waals surface area contributed by atoms with Gasteiger partial charge in [-0.05, 0) is 5.39 Å². The summed E-state index contributed by atoms with van der Waals surface area (Å²) < 4.78 is 1.62. The molecule has 20 heavy (non-hydrogen) atoms. The van der Waals surface area contributed by atoms with E-state index in [1.54, 1.807) is 24.1 Å². The van der Waals surface area contributed by atoms with Crippen LogP contribution in [0.5, 0.6) is 0 Å². The molecule has 0 aliphatic heterocycles. The Balaban J connectivity index is 2.19. The maximum absolute atomic E-state index is 6.04.